The van der Waals surface area contributed by atoms with Gasteiger partial charge in [0.25, 0.3) is 0 Å². The molecule has 0 aromatic heterocycles. The molecule has 3 heteroatoms. The molecule has 2 aliphatic heterocycles. The lowest BCUT2D eigenvalue weighted by atomic mass is 9.86. The molecule has 2 heterocycles. The predicted octanol–water partition coefficient (Wildman–Crippen LogP) is 1.92. The molecular weight excluding hydrogens is 202 g/mol. The highest BCUT2D eigenvalue weighted by Crippen LogP contribution is 2.26. The maximum atomic E-state index is 12.1. The summed E-state index contributed by atoms with van der Waals surface area (Å²) in [6, 6.07) is 0. The number of carbonyl (C=O) groups is 1. The minimum atomic E-state index is 0.149. The van der Waals surface area contributed by atoms with Crippen LogP contribution in [0.25, 0.3) is 0 Å². The van der Waals surface area contributed by atoms with Crippen molar-refractivity contribution >= 4 is 5.91 Å². The molecule has 2 aliphatic rings. The number of likely N-dealkylation sites (tertiary alicyclic amines) is 1. The monoisotopic (exact) mass is 225 g/mol. The Bertz CT molecular complexity index is 238. The van der Waals surface area contributed by atoms with E-state index >= 15 is 0 Å². The van der Waals surface area contributed by atoms with Crippen LogP contribution in [-0.4, -0.2) is 37.1 Å². The zero-order valence-corrected chi connectivity index (χ0v) is 10.4. The van der Waals surface area contributed by atoms with Crippen LogP contribution in [0.4, 0.5) is 0 Å². The van der Waals surface area contributed by atoms with Crippen LogP contribution >= 0.6 is 0 Å². The molecule has 3 nitrogen and oxygen atoms in total. The van der Waals surface area contributed by atoms with Crippen molar-refractivity contribution < 1.29 is 9.53 Å². The second kappa shape index (κ2) is 5.17. The summed E-state index contributed by atoms with van der Waals surface area (Å²) >= 11 is 0. The van der Waals surface area contributed by atoms with Crippen LogP contribution in [0.3, 0.4) is 0 Å². The summed E-state index contributed by atoms with van der Waals surface area (Å²) in [5.41, 5.74) is 0. The van der Waals surface area contributed by atoms with Gasteiger partial charge in [0.05, 0.1) is 12.5 Å². The molecule has 0 aromatic rings. The summed E-state index contributed by atoms with van der Waals surface area (Å²) in [6.45, 7) is 7.89. The number of hydrogen-bond donors (Lipinski definition) is 0. The lowest BCUT2D eigenvalue weighted by Crippen LogP contribution is -2.42. The quantitative estimate of drug-likeness (QED) is 0.718. The van der Waals surface area contributed by atoms with Gasteiger partial charge >= 0.3 is 0 Å². The van der Waals surface area contributed by atoms with E-state index in [1.54, 1.807) is 0 Å². The van der Waals surface area contributed by atoms with Crippen LogP contribution in [-0.2, 0) is 9.53 Å². The molecule has 0 aliphatic carbocycles. The third kappa shape index (κ3) is 2.57. The van der Waals surface area contributed by atoms with Gasteiger partial charge in [0.1, 0.15) is 0 Å². The molecule has 1 amide bonds. The van der Waals surface area contributed by atoms with Crippen molar-refractivity contribution in [1.82, 2.24) is 4.90 Å². The van der Waals surface area contributed by atoms with Gasteiger partial charge in [-0.1, -0.05) is 13.8 Å². The molecule has 1 unspecified atom stereocenters. The molecule has 0 aromatic carbocycles. The number of amides is 1. The van der Waals surface area contributed by atoms with Crippen molar-refractivity contribution in [3.05, 3.63) is 0 Å². The Kier molecular flexibility index (Phi) is 3.85. The second-order valence-corrected chi connectivity index (χ2v) is 5.47. The Hall–Kier alpha value is -0.570. The Morgan fingerprint density at radius 1 is 1.25 bits per heavy atom. The first-order chi connectivity index (χ1) is 7.68. The van der Waals surface area contributed by atoms with Crippen molar-refractivity contribution in [3.63, 3.8) is 0 Å². The van der Waals surface area contributed by atoms with Gasteiger partial charge in [0.2, 0.25) is 5.91 Å². The Labute approximate surface area is 98.1 Å². The van der Waals surface area contributed by atoms with E-state index in [9.17, 15) is 4.79 Å². The Morgan fingerprint density at radius 3 is 2.44 bits per heavy atom. The summed E-state index contributed by atoms with van der Waals surface area (Å²) < 4.78 is 5.28. The Balaban J connectivity index is 1.81. The first-order valence-corrected chi connectivity index (χ1v) is 6.55. The first kappa shape index (κ1) is 11.9. The van der Waals surface area contributed by atoms with Gasteiger partial charge in [-0.3, -0.25) is 4.79 Å². The molecule has 16 heavy (non-hydrogen) atoms. The topological polar surface area (TPSA) is 29.5 Å². The molecule has 0 saturated carbocycles. The van der Waals surface area contributed by atoms with Gasteiger partial charge in [0.15, 0.2) is 0 Å². The molecule has 0 bridgehead atoms. The van der Waals surface area contributed by atoms with Crippen LogP contribution in [0.5, 0.6) is 0 Å². The lowest BCUT2D eigenvalue weighted by molar-refractivity contribution is -0.137. The van der Waals surface area contributed by atoms with E-state index in [0.717, 1.165) is 38.0 Å². The fraction of sp³-hybridized carbons (Fsp3) is 0.923. The van der Waals surface area contributed by atoms with E-state index in [-0.39, 0.29) is 5.92 Å². The number of piperidine rings is 1. The lowest BCUT2D eigenvalue weighted by Gasteiger charge is -2.35. The van der Waals surface area contributed by atoms with Crippen LogP contribution in [0, 0.1) is 17.8 Å². The van der Waals surface area contributed by atoms with E-state index in [1.807, 2.05) is 0 Å². The summed E-state index contributed by atoms with van der Waals surface area (Å²) in [5.74, 6) is 2.05. The van der Waals surface area contributed by atoms with Crippen molar-refractivity contribution in [2.45, 2.75) is 33.1 Å². The number of nitrogens with zero attached hydrogens (tertiary/aromatic N) is 1. The van der Waals surface area contributed by atoms with E-state index in [4.69, 9.17) is 4.74 Å². The summed E-state index contributed by atoms with van der Waals surface area (Å²) in [4.78, 5) is 14.2. The van der Waals surface area contributed by atoms with Crippen molar-refractivity contribution in [2.24, 2.45) is 17.8 Å². The zero-order valence-electron chi connectivity index (χ0n) is 10.4. The highest BCUT2D eigenvalue weighted by atomic mass is 16.5. The van der Waals surface area contributed by atoms with Crippen LogP contribution < -0.4 is 0 Å². The summed E-state index contributed by atoms with van der Waals surface area (Å²) in [6.07, 6.45) is 3.27. The minimum Gasteiger partial charge on any atom is -0.381 e. The normalized spacial score (nSPS) is 27.7. The van der Waals surface area contributed by atoms with E-state index in [0.29, 0.717) is 12.5 Å². The number of hydrogen-bond acceptors (Lipinski definition) is 2. The smallest absolute Gasteiger partial charge is 0.228 e. The minimum absolute atomic E-state index is 0.149. The van der Waals surface area contributed by atoms with Crippen molar-refractivity contribution in [3.8, 4) is 0 Å². The average molecular weight is 225 g/mol. The molecule has 0 N–H and O–H groups in total. The first-order valence-electron chi connectivity index (χ1n) is 6.55. The van der Waals surface area contributed by atoms with E-state index in [2.05, 4.69) is 18.7 Å². The van der Waals surface area contributed by atoms with Gasteiger partial charge in [-0.2, -0.15) is 0 Å². The molecular formula is C13H23NO2. The fourth-order valence-electron chi connectivity index (χ4n) is 2.77. The van der Waals surface area contributed by atoms with E-state index < -0.39 is 0 Å². The highest BCUT2D eigenvalue weighted by Gasteiger charge is 2.31. The predicted molar refractivity (Wildman–Crippen MR) is 63.1 cm³/mol. The van der Waals surface area contributed by atoms with E-state index in [1.165, 1.54) is 12.8 Å². The molecule has 0 spiro atoms. The van der Waals surface area contributed by atoms with Crippen LogP contribution in [0.1, 0.15) is 33.1 Å². The average Bonchev–Trinajstić information content (AvgIpc) is 2.81. The van der Waals surface area contributed by atoms with Crippen molar-refractivity contribution in [1.29, 1.82) is 0 Å². The Morgan fingerprint density at radius 2 is 1.94 bits per heavy atom. The van der Waals surface area contributed by atoms with Gasteiger partial charge in [-0.25, -0.2) is 0 Å². The molecule has 1 atom stereocenters. The SMILES string of the molecule is CC(C)C1CCN(C(=O)C2CCOC2)CC1. The summed E-state index contributed by atoms with van der Waals surface area (Å²) in [7, 11) is 0. The third-order valence-corrected chi connectivity index (χ3v) is 4.07. The van der Waals surface area contributed by atoms with Crippen LogP contribution in [0.2, 0.25) is 0 Å². The number of carbonyl (C=O) groups excluding carboxylic acids is 1. The zero-order chi connectivity index (χ0) is 11.5. The van der Waals surface area contributed by atoms with Gasteiger partial charge in [-0.05, 0) is 31.1 Å². The third-order valence-electron chi connectivity index (χ3n) is 4.07. The highest BCUT2D eigenvalue weighted by molar-refractivity contribution is 5.79. The molecule has 92 valence electrons. The second-order valence-electron chi connectivity index (χ2n) is 5.47. The standard InChI is InChI=1S/C13H23NO2/c1-10(2)11-3-6-14(7-4-11)13(15)12-5-8-16-9-12/h10-12H,3-9H2,1-2H3. The van der Waals surface area contributed by atoms with Gasteiger partial charge in [0, 0.05) is 19.7 Å². The van der Waals surface area contributed by atoms with Crippen molar-refractivity contribution in [2.75, 3.05) is 26.3 Å². The van der Waals surface area contributed by atoms with Gasteiger partial charge < -0.3 is 9.64 Å². The fourth-order valence-corrected chi connectivity index (χ4v) is 2.77. The maximum Gasteiger partial charge on any atom is 0.228 e. The molecule has 2 saturated heterocycles. The molecule has 2 fully saturated rings. The molecule has 0 radical (unpaired) electrons. The van der Waals surface area contributed by atoms with Crippen LogP contribution in [0.15, 0.2) is 0 Å². The maximum absolute atomic E-state index is 12.1. The number of ether oxygens (including phenoxy) is 1. The number of rotatable bonds is 2. The van der Waals surface area contributed by atoms with Gasteiger partial charge in [-0.15, -0.1) is 0 Å². The molecule has 2 rings (SSSR count). The largest absolute Gasteiger partial charge is 0.381 e. The summed E-state index contributed by atoms with van der Waals surface area (Å²) in [5, 5.41) is 0.